The fraction of sp³-hybridized carbons (Fsp3) is 0.429. The molecule has 4 nitrogen and oxygen atoms in total. The highest BCUT2D eigenvalue weighted by molar-refractivity contribution is 7.19. The van der Waals surface area contributed by atoms with Crippen LogP contribution in [-0.4, -0.2) is 33.7 Å². The minimum atomic E-state index is 0.0363. The molecule has 0 atom stereocenters. The minimum Gasteiger partial charge on any atom is -0.337 e. The molecule has 0 saturated carbocycles. The van der Waals surface area contributed by atoms with E-state index < -0.39 is 0 Å². The van der Waals surface area contributed by atoms with Gasteiger partial charge in [-0.15, -0.1) is 11.3 Å². The molecule has 1 fully saturated rings. The lowest BCUT2D eigenvalue weighted by molar-refractivity contribution is 0.0717. The van der Waals surface area contributed by atoms with E-state index in [0.717, 1.165) is 40.8 Å². The first-order valence-electron chi connectivity index (χ1n) is 6.74. The van der Waals surface area contributed by atoms with Crippen LogP contribution in [0, 0.1) is 0 Å². The van der Waals surface area contributed by atoms with Crippen LogP contribution < -0.4 is 0 Å². The van der Waals surface area contributed by atoms with Gasteiger partial charge < -0.3 is 4.90 Å². The molecule has 0 bridgehead atoms. The molecule has 1 amide bonds. The van der Waals surface area contributed by atoms with Crippen molar-refractivity contribution in [1.82, 2.24) is 14.7 Å². The number of hydrogen-bond acceptors (Lipinski definition) is 3. The predicted octanol–water partition coefficient (Wildman–Crippen LogP) is 3.43. The van der Waals surface area contributed by atoms with Crippen LogP contribution in [0.2, 0.25) is 4.34 Å². The Morgan fingerprint density at radius 2 is 2.05 bits per heavy atom. The molecule has 3 heterocycles. The zero-order valence-corrected chi connectivity index (χ0v) is 12.9. The summed E-state index contributed by atoms with van der Waals surface area (Å²) in [5.41, 5.74) is 1.45. The Balaban J connectivity index is 1.86. The number of nitrogens with zero attached hydrogens (tertiary/aromatic N) is 3. The molecule has 0 aliphatic carbocycles. The third kappa shape index (κ3) is 2.60. The monoisotopic (exact) mass is 309 g/mol. The van der Waals surface area contributed by atoms with E-state index in [0.29, 0.717) is 5.69 Å². The molecule has 1 aliphatic heterocycles. The molecule has 0 spiro atoms. The second-order valence-corrected chi connectivity index (χ2v) is 6.71. The standard InChI is InChI=1S/C14H16ClN3OS/c1-17-11(12-5-6-13(15)20-12)9-10(16-17)14(19)18-7-3-2-4-8-18/h5-6,9H,2-4,7-8H2,1H3. The molecule has 1 aliphatic rings. The first-order chi connectivity index (χ1) is 9.65. The Morgan fingerprint density at radius 3 is 2.70 bits per heavy atom. The number of likely N-dealkylation sites (tertiary alicyclic amines) is 1. The van der Waals surface area contributed by atoms with Crippen LogP contribution in [0.15, 0.2) is 18.2 Å². The lowest BCUT2D eigenvalue weighted by Crippen LogP contribution is -2.35. The van der Waals surface area contributed by atoms with E-state index in [4.69, 9.17) is 11.6 Å². The van der Waals surface area contributed by atoms with E-state index in [-0.39, 0.29) is 5.91 Å². The minimum absolute atomic E-state index is 0.0363. The van der Waals surface area contributed by atoms with Gasteiger partial charge in [0.15, 0.2) is 5.69 Å². The van der Waals surface area contributed by atoms with Crippen molar-refractivity contribution in [2.24, 2.45) is 7.05 Å². The topological polar surface area (TPSA) is 38.1 Å². The molecule has 0 unspecified atom stereocenters. The van der Waals surface area contributed by atoms with E-state index >= 15 is 0 Å². The van der Waals surface area contributed by atoms with Gasteiger partial charge >= 0.3 is 0 Å². The van der Waals surface area contributed by atoms with Crippen molar-refractivity contribution in [3.05, 3.63) is 28.2 Å². The van der Waals surface area contributed by atoms with Crippen LogP contribution in [0.25, 0.3) is 10.6 Å². The highest BCUT2D eigenvalue weighted by Gasteiger charge is 2.22. The van der Waals surface area contributed by atoms with E-state index in [1.807, 2.05) is 30.1 Å². The summed E-state index contributed by atoms with van der Waals surface area (Å²) in [6, 6.07) is 5.68. The number of thiophene rings is 1. The maximum Gasteiger partial charge on any atom is 0.274 e. The van der Waals surface area contributed by atoms with Gasteiger partial charge in [0, 0.05) is 20.1 Å². The molecule has 20 heavy (non-hydrogen) atoms. The number of rotatable bonds is 2. The van der Waals surface area contributed by atoms with Gasteiger partial charge in [0.05, 0.1) is 14.9 Å². The van der Waals surface area contributed by atoms with Crippen molar-refractivity contribution in [3.8, 4) is 10.6 Å². The van der Waals surface area contributed by atoms with E-state index in [9.17, 15) is 4.79 Å². The zero-order valence-electron chi connectivity index (χ0n) is 11.3. The number of hydrogen-bond donors (Lipinski definition) is 0. The smallest absolute Gasteiger partial charge is 0.274 e. The molecule has 3 rings (SSSR count). The van der Waals surface area contributed by atoms with E-state index in [1.165, 1.54) is 17.8 Å². The van der Waals surface area contributed by atoms with Gasteiger partial charge in [-0.1, -0.05) is 11.6 Å². The molecule has 6 heteroatoms. The number of aryl methyl sites for hydroxylation is 1. The Labute approximate surface area is 127 Å². The number of halogens is 1. The highest BCUT2D eigenvalue weighted by Crippen LogP contribution is 2.31. The Bertz CT molecular complexity index is 628. The van der Waals surface area contributed by atoms with Crippen LogP contribution in [0.4, 0.5) is 0 Å². The van der Waals surface area contributed by atoms with Crippen molar-refractivity contribution in [2.75, 3.05) is 13.1 Å². The molecule has 0 radical (unpaired) electrons. The lowest BCUT2D eigenvalue weighted by atomic mass is 10.1. The summed E-state index contributed by atoms with van der Waals surface area (Å²) in [6.07, 6.45) is 3.39. The summed E-state index contributed by atoms with van der Waals surface area (Å²) in [6.45, 7) is 1.69. The first kappa shape index (κ1) is 13.6. The Kier molecular flexibility index (Phi) is 3.81. The fourth-order valence-corrected chi connectivity index (χ4v) is 3.60. The second-order valence-electron chi connectivity index (χ2n) is 5.00. The predicted molar refractivity (Wildman–Crippen MR) is 81.3 cm³/mol. The number of aromatic nitrogens is 2. The Morgan fingerprint density at radius 1 is 1.30 bits per heavy atom. The van der Waals surface area contributed by atoms with Crippen LogP contribution in [0.5, 0.6) is 0 Å². The zero-order chi connectivity index (χ0) is 14.1. The van der Waals surface area contributed by atoms with Crippen LogP contribution >= 0.6 is 22.9 Å². The summed E-state index contributed by atoms with van der Waals surface area (Å²) < 4.78 is 2.49. The molecule has 2 aromatic rings. The number of carbonyl (C=O) groups is 1. The Hall–Kier alpha value is -1.33. The van der Waals surface area contributed by atoms with Crippen LogP contribution in [-0.2, 0) is 7.05 Å². The maximum atomic E-state index is 12.4. The summed E-state index contributed by atoms with van der Waals surface area (Å²) in [7, 11) is 1.86. The fourth-order valence-electron chi connectivity index (χ4n) is 2.51. The summed E-state index contributed by atoms with van der Waals surface area (Å²) >= 11 is 7.46. The summed E-state index contributed by atoms with van der Waals surface area (Å²) in [4.78, 5) is 15.4. The van der Waals surface area contributed by atoms with Crippen LogP contribution in [0.3, 0.4) is 0 Å². The molecular weight excluding hydrogens is 294 g/mol. The lowest BCUT2D eigenvalue weighted by Gasteiger charge is -2.25. The van der Waals surface area contributed by atoms with Crippen molar-refractivity contribution >= 4 is 28.8 Å². The third-order valence-electron chi connectivity index (χ3n) is 3.57. The van der Waals surface area contributed by atoms with Gasteiger partial charge in [0.1, 0.15) is 0 Å². The van der Waals surface area contributed by atoms with Gasteiger partial charge in [0.2, 0.25) is 0 Å². The second kappa shape index (κ2) is 5.58. The summed E-state index contributed by atoms with van der Waals surface area (Å²) in [5.74, 6) is 0.0363. The number of carbonyl (C=O) groups excluding carboxylic acids is 1. The van der Waals surface area contributed by atoms with Gasteiger partial charge in [0.25, 0.3) is 5.91 Å². The third-order valence-corrected chi connectivity index (χ3v) is 4.82. The molecular formula is C14H16ClN3OS. The van der Waals surface area contributed by atoms with E-state index in [1.54, 1.807) is 4.68 Å². The normalized spacial score (nSPS) is 15.6. The van der Waals surface area contributed by atoms with Gasteiger partial charge in [-0.2, -0.15) is 5.10 Å². The highest BCUT2D eigenvalue weighted by atomic mass is 35.5. The largest absolute Gasteiger partial charge is 0.337 e. The quantitative estimate of drug-likeness (QED) is 0.852. The number of piperidine rings is 1. The SMILES string of the molecule is Cn1nc(C(=O)N2CCCCC2)cc1-c1ccc(Cl)s1. The van der Waals surface area contributed by atoms with Crippen molar-refractivity contribution < 1.29 is 4.79 Å². The summed E-state index contributed by atoms with van der Waals surface area (Å²) in [5, 5.41) is 4.36. The maximum absolute atomic E-state index is 12.4. The molecule has 0 N–H and O–H groups in total. The first-order valence-corrected chi connectivity index (χ1v) is 7.93. The average Bonchev–Trinajstić information content (AvgIpc) is 3.05. The molecule has 1 saturated heterocycles. The van der Waals surface area contributed by atoms with Gasteiger partial charge in [-0.25, -0.2) is 0 Å². The van der Waals surface area contributed by atoms with E-state index in [2.05, 4.69) is 5.10 Å². The van der Waals surface area contributed by atoms with Gasteiger partial charge in [-0.05, 0) is 37.5 Å². The molecule has 2 aromatic heterocycles. The van der Waals surface area contributed by atoms with Crippen LogP contribution in [0.1, 0.15) is 29.8 Å². The average molecular weight is 310 g/mol. The van der Waals surface area contributed by atoms with Crippen molar-refractivity contribution in [1.29, 1.82) is 0 Å². The van der Waals surface area contributed by atoms with Gasteiger partial charge in [-0.3, -0.25) is 9.48 Å². The number of amides is 1. The molecule has 106 valence electrons. The van der Waals surface area contributed by atoms with Crippen molar-refractivity contribution in [2.45, 2.75) is 19.3 Å². The van der Waals surface area contributed by atoms with Crippen molar-refractivity contribution in [3.63, 3.8) is 0 Å². The molecule has 0 aromatic carbocycles.